The molecule has 20 heavy (non-hydrogen) atoms. The monoisotopic (exact) mass is 296 g/mol. The first-order valence-corrected chi connectivity index (χ1v) is 7.04. The summed E-state index contributed by atoms with van der Waals surface area (Å²) in [5, 5.41) is 12.1. The molecule has 0 radical (unpaired) electrons. The van der Waals surface area contributed by atoms with E-state index in [-0.39, 0.29) is 12.1 Å². The molecule has 1 aromatic rings. The third-order valence-corrected chi connectivity index (χ3v) is 3.67. The summed E-state index contributed by atoms with van der Waals surface area (Å²) in [5.74, 6) is -1.09. The Morgan fingerprint density at radius 2 is 2.15 bits per heavy atom. The Kier molecular flexibility index (Phi) is 4.49. The van der Waals surface area contributed by atoms with Crippen molar-refractivity contribution in [3.05, 3.63) is 29.8 Å². The van der Waals surface area contributed by atoms with Gasteiger partial charge in [-0.1, -0.05) is 18.2 Å². The third-order valence-electron chi connectivity index (χ3n) is 3.48. The number of carbonyl (C=O) groups is 2. The van der Waals surface area contributed by atoms with Crippen molar-refractivity contribution in [1.82, 2.24) is 5.32 Å². The summed E-state index contributed by atoms with van der Waals surface area (Å²) in [4.78, 5) is 25.2. The van der Waals surface area contributed by atoms with Gasteiger partial charge in [-0.05, 0) is 25.0 Å². The molecule has 5 nitrogen and oxygen atoms in total. The second-order valence-electron chi connectivity index (χ2n) is 4.83. The Bertz CT molecular complexity index is 521. The molecule has 2 N–H and O–H groups in total. The Labute approximate surface area is 122 Å². The molecule has 2 rings (SSSR count). The molecule has 0 saturated heterocycles. The molecule has 108 valence electrons. The molecule has 1 aromatic carbocycles. The summed E-state index contributed by atoms with van der Waals surface area (Å²) in [7, 11) is 0. The number of halogens is 1. The zero-order valence-electron chi connectivity index (χ0n) is 11.2. The lowest BCUT2D eigenvalue weighted by molar-refractivity contribution is -0.139. The lowest BCUT2D eigenvalue weighted by Crippen LogP contribution is -2.49. The molecule has 2 unspecified atom stereocenters. The number of aliphatic carboxylic acids is 1. The molecule has 1 heterocycles. The van der Waals surface area contributed by atoms with E-state index in [0.29, 0.717) is 30.1 Å². The van der Waals surface area contributed by atoms with Gasteiger partial charge in [0.1, 0.15) is 0 Å². The number of rotatable bonds is 3. The maximum Gasteiger partial charge on any atom is 0.322 e. The van der Waals surface area contributed by atoms with Crippen molar-refractivity contribution in [2.45, 2.75) is 25.3 Å². The van der Waals surface area contributed by atoms with Gasteiger partial charge in [0.15, 0.2) is 0 Å². The van der Waals surface area contributed by atoms with Crippen LogP contribution in [0.3, 0.4) is 0 Å². The van der Waals surface area contributed by atoms with Crippen LogP contribution in [0.15, 0.2) is 24.3 Å². The minimum Gasteiger partial charge on any atom is -0.481 e. The minimum atomic E-state index is -0.856. The Hall–Kier alpha value is -1.75. The van der Waals surface area contributed by atoms with Crippen molar-refractivity contribution in [3.8, 4) is 0 Å². The number of anilines is 1. The van der Waals surface area contributed by atoms with E-state index in [2.05, 4.69) is 5.32 Å². The number of carboxylic acids is 1. The molecule has 0 bridgehead atoms. The summed E-state index contributed by atoms with van der Waals surface area (Å²) < 4.78 is 0. The first-order chi connectivity index (χ1) is 9.56. The van der Waals surface area contributed by atoms with Crippen molar-refractivity contribution in [1.29, 1.82) is 0 Å². The number of alkyl halides is 1. The van der Waals surface area contributed by atoms with E-state index in [9.17, 15) is 14.7 Å². The van der Waals surface area contributed by atoms with Gasteiger partial charge in [-0.3, -0.25) is 9.69 Å². The van der Waals surface area contributed by atoms with Crippen LogP contribution in [0.5, 0.6) is 0 Å². The number of para-hydroxylation sites is 1. The van der Waals surface area contributed by atoms with Crippen molar-refractivity contribution in [2.24, 2.45) is 0 Å². The number of carboxylic acid groups (broad SMARTS) is 1. The maximum atomic E-state index is 12.2. The number of hydrogen-bond acceptors (Lipinski definition) is 2. The first kappa shape index (κ1) is 14.7. The van der Waals surface area contributed by atoms with Crippen LogP contribution in [-0.2, 0) is 4.79 Å². The number of urea groups is 1. The fraction of sp³-hybridized carbons (Fsp3) is 0.429. The Morgan fingerprint density at radius 1 is 1.45 bits per heavy atom. The van der Waals surface area contributed by atoms with Gasteiger partial charge >= 0.3 is 12.0 Å². The number of amides is 2. The van der Waals surface area contributed by atoms with E-state index in [0.717, 1.165) is 0 Å². The molecule has 1 aliphatic heterocycles. The lowest BCUT2D eigenvalue weighted by Gasteiger charge is -2.37. The number of nitrogens with zero attached hydrogens (tertiary/aromatic N) is 1. The van der Waals surface area contributed by atoms with Gasteiger partial charge < -0.3 is 10.4 Å². The van der Waals surface area contributed by atoms with Crippen LogP contribution < -0.4 is 10.2 Å². The van der Waals surface area contributed by atoms with Crippen LogP contribution in [0.2, 0.25) is 0 Å². The van der Waals surface area contributed by atoms with Crippen LogP contribution in [0.1, 0.15) is 24.8 Å². The molecule has 0 aromatic heterocycles. The average molecular weight is 297 g/mol. The fourth-order valence-corrected chi connectivity index (χ4v) is 2.69. The van der Waals surface area contributed by atoms with Crippen molar-refractivity contribution in [2.75, 3.05) is 17.3 Å². The van der Waals surface area contributed by atoms with Gasteiger partial charge in [0.05, 0.1) is 5.92 Å². The quantitative estimate of drug-likeness (QED) is 0.842. The number of carbonyl (C=O) groups excluding carboxylic acids is 1. The summed E-state index contributed by atoms with van der Waals surface area (Å²) in [5.41, 5.74) is 1.34. The molecule has 0 saturated carbocycles. The van der Waals surface area contributed by atoms with Gasteiger partial charge in [0.2, 0.25) is 0 Å². The van der Waals surface area contributed by atoms with Crippen LogP contribution in [0.25, 0.3) is 0 Å². The second kappa shape index (κ2) is 6.13. The standard InChI is InChI=1S/C14H17ClN2O3/c1-9-8-11(13(18)19)10-4-2-3-5-12(10)17(9)14(20)16-7-6-15/h2-5,9,11H,6-8H2,1H3,(H,16,20)(H,18,19). The summed E-state index contributed by atoms with van der Waals surface area (Å²) in [6.45, 7) is 2.24. The molecule has 1 aliphatic rings. The van der Waals surface area contributed by atoms with Crippen LogP contribution in [0.4, 0.5) is 10.5 Å². The first-order valence-electron chi connectivity index (χ1n) is 6.51. The third kappa shape index (κ3) is 2.72. The van der Waals surface area contributed by atoms with E-state index < -0.39 is 11.9 Å². The highest BCUT2D eigenvalue weighted by molar-refractivity contribution is 6.18. The van der Waals surface area contributed by atoms with Gasteiger partial charge in [-0.25, -0.2) is 4.79 Å². The number of fused-ring (bicyclic) bond motifs is 1. The highest BCUT2D eigenvalue weighted by atomic mass is 35.5. The van der Waals surface area contributed by atoms with Crippen molar-refractivity contribution in [3.63, 3.8) is 0 Å². The minimum absolute atomic E-state index is 0.179. The van der Waals surface area contributed by atoms with Crippen LogP contribution >= 0.6 is 11.6 Å². The number of hydrogen-bond donors (Lipinski definition) is 2. The highest BCUT2D eigenvalue weighted by Gasteiger charge is 2.36. The molecular weight excluding hydrogens is 280 g/mol. The smallest absolute Gasteiger partial charge is 0.322 e. The topological polar surface area (TPSA) is 69.6 Å². The zero-order valence-corrected chi connectivity index (χ0v) is 11.9. The van der Waals surface area contributed by atoms with E-state index in [1.807, 2.05) is 6.92 Å². The molecular formula is C14H17ClN2O3. The highest BCUT2D eigenvalue weighted by Crippen LogP contribution is 2.38. The maximum absolute atomic E-state index is 12.2. The van der Waals surface area contributed by atoms with Crippen LogP contribution in [-0.4, -0.2) is 35.6 Å². The fourth-order valence-electron chi connectivity index (χ4n) is 2.60. The number of nitrogens with one attached hydrogen (secondary N) is 1. The van der Waals surface area contributed by atoms with Crippen LogP contribution in [0, 0.1) is 0 Å². The van der Waals surface area contributed by atoms with Gasteiger partial charge in [0.25, 0.3) is 0 Å². The predicted octanol–water partition coefficient (Wildman–Crippen LogP) is 2.40. The molecule has 6 heteroatoms. The largest absolute Gasteiger partial charge is 0.481 e. The molecule has 0 aliphatic carbocycles. The molecule has 0 fully saturated rings. The Balaban J connectivity index is 2.36. The van der Waals surface area contributed by atoms with E-state index in [1.165, 1.54) is 0 Å². The van der Waals surface area contributed by atoms with Gasteiger partial charge in [0, 0.05) is 24.2 Å². The van der Waals surface area contributed by atoms with E-state index in [4.69, 9.17) is 11.6 Å². The molecule has 2 atom stereocenters. The Morgan fingerprint density at radius 3 is 2.80 bits per heavy atom. The average Bonchev–Trinajstić information content (AvgIpc) is 2.43. The SMILES string of the molecule is CC1CC(C(=O)O)c2ccccc2N1C(=O)NCCCl. The number of benzene rings is 1. The lowest BCUT2D eigenvalue weighted by atomic mass is 9.86. The van der Waals surface area contributed by atoms with Gasteiger partial charge in [-0.2, -0.15) is 0 Å². The normalized spacial score (nSPS) is 21.2. The summed E-state index contributed by atoms with van der Waals surface area (Å²) in [6, 6.07) is 6.72. The summed E-state index contributed by atoms with van der Waals surface area (Å²) >= 11 is 5.57. The zero-order chi connectivity index (χ0) is 14.7. The van der Waals surface area contributed by atoms with E-state index in [1.54, 1.807) is 29.2 Å². The predicted molar refractivity (Wildman–Crippen MR) is 77.5 cm³/mol. The second-order valence-corrected chi connectivity index (χ2v) is 5.20. The van der Waals surface area contributed by atoms with Crippen molar-refractivity contribution < 1.29 is 14.7 Å². The summed E-state index contributed by atoms with van der Waals surface area (Å²) in [6.07, 6.45) is 0.403. The van der Waals surface area contributed by atoms with E-state index >= 15 is 0 Å². The van der Waals surface area contributed by atoms with Crippen molar-refractivity contribution >= 4 is 29.3 Å². The molecule has 0 spiro atoms. The molecule has 2 amide bonds. The van der Waals surface area contributed by atoms with Gasteiger partial charge in [-0.15, -0.1) is 11.6 Å².